The van der Waals surface area contributed by atoms with Gasteiger partial charge in [-0.3, -0.25) is 14.7 Å². The number of carbonyl (C=O) groups excluding carboxylic acids is 1. The highest BCUT2D eigenvalue weighted by Gasteiger charge is 2.15. The van der Waals surface area contributed by atoms with Crippen molar-refractivity contribution in [3.8, 4) is 10.6 Å². The van der Waals surface area contributed by atoms with Crippen molar-refractivity contribution in [2.24, 2.45) is 0 Å². The van der Waals surface area contributed by atoms with Gasteiger partial charge in [-0.15, -0.1) is 11.3 Å². The molecule has 33 heavy (non-hydrogen) atoms. The molecule has 3 heterocycles. The first-order valence-corrected chi connectivity index (χ1v) is 12.1. The van der Waals surface area contributed by atoms with E-state index >= 15 is 0 Å². The highest BCUT2D eigenvalue weighted by atomic mass is 32.1. The van der Waals surface area contributed by atoms with E-state index in [1.807, 2.05) is 35.7 Å². The van der Waals surface area contributed by atoms with E-state index in [-0.39, 0.29) is 12.3 Å². The van der Waals surface area contributed by atoms with Gasteiger partial charge in [0.25, 0.3) is 0 Å². The van der Waals surface area contributed by atoms with Gasteiger partial charge in [-0.25, -0.2) is 4.98 Å². The van der Waals surface area contributed by atoms with Crippen molar-refractivity contribution in [1.82, 2.24) is 19.8 Å². The second kappa shape index (κ2) is 9.79. The number of piperazine rings is 1. The van der Waals surface area contributed by atoms with Crippen molar-refractivity contribution in [2.45, 2.75) is 13.0 Å². The Morgan fingerprint density at radius 1 is 1.06 bits per heavy atom. The molecule has 0 saturated carbocycles. The summed E-state index contributed by atoms with van der Waals surface area (Å²) in [5.74, 6) is -0.0891. The Labute approximate surface area is 197 Å². The molecule has 0 atom stereocenters. The summed E-state index contributed by atoms with van der Waals surface area (Å²) in [6.07, 6.45) is 1.98. The number of nitrogens with one attached hydrogen (secondary N) is 1. The van der Waals surface area contributed by atoms with E-state index in [2.05, 4.69) is 51.4 Å². The summed E-state index contributed by atoms with van der Waals surface area (Å²) in [6, 6.07) is 18.3. The van der Waals surface area contributed by atoms with Crippen LogP contribution in [0.3, 0.4) is 0 Å². The van der Waals surface area contributed by atoms with Gasteiger partial charge < -0.3 is 10.2 Å². The molecule has 2 aromatic carbocycles. The van der Waals surface area contributed by atoms with Crippen LogP contribution in [0.5, 0.6) is 0 Å². The number of carbonyl (C=O) groups is 1. The summed E-state index contributed by atoms with van der Waals surface area (Å²) in [4.78, 5) is 26.7. The molecule has 5 rings (SSSR count). The van der Waals surface area contributed by atoms with Crippen LogP contribution in [0.15, 0.2) is 66.2 Å². The molecule has 0 bridgehead atoms. The Hall–Kier alpha value is -3.13. The van der Waals surface area contributed by atoms with E-state index in [0.29, 0.717) is 0 Å². The second-order valence-electron chi connectivity index (χ2n) is 8.53. The number of hydrogen-bond acceptors (Lipinski definition) is 6. The van der Waals surface area contributed by atoms with Crippen LogP contribution in [0.25, 0.3) is 21.5 Å². The van der Waals surface area contributed by atoms with Crippen molar-refractivity contribution >= 4 is 33.8 Å². The van der Waals surface area contributed by atoms with Crippen LogP contribution in [-0.4, -0.2) is 58.9 Å². The summed E-state index contributed by atoms with van der Waals surface area (Å²) in [5.41, 5.74) is 4.71. The maximum absolute atomic E-state index is 12.7. The molecule has 1 aliphatic rings. The number of amides is 1. The van der Waals surface area contributed by atoms with E-state index in [9.17, 15) is 4.79 Å². The van der Waals surface area contributed by atoms with Crippen LogP contribution in [0, 0.1) is 0 Å². The number of benzene rings is 2. The van der Waals surface area contributed by atoms with Gasteiger partial charge in [0.15, 0.2) is 0 Å². The molecule has 0 spiro atoms. The fraction of sp³-hybridized carbons (Fsp3) is 0.269. The molecule has 4 aromatic rings. The van der Waals surface area contributed by atoms with E-state index in [0.717, 1.165) is 65.6 Å². The van der Waals surface area contributed by atoms with Crippen LogP contribution in [0.2, 0.25) is 0 Å². The maximum atomic E-state index is 12.7. The summed E-state index contributed by atoms with van der Waals surface area (Å²) in [5, 5.41) is 6.92. The predicted octanol–water partition coefficient (Wildman–Crippen LogP) is 4.29. The lowest BCUT2D eigenvalue weighted by Crippen LogP contribution is -2.43. The van der Waals surface area contributed by atoms with Gasteiger partial charge in [-0.05, 0) is 30.8 Å². The van der Waals surface area contributed by atoms with Crippen LogP contribution < -0.4 is 5.32 Å². The number of pyridine rings is 1. The molecule has 0 aliphatic carbocycles. The molecule has 1 saturated heterocycles. The van der Waals surface area contributed by atoms with Gasteiger partial charge in [-0.1, -0.05) is 36.4 Å². The molecule has 6 nitrogen and oxygen atoms in total. The van der Waals surface area contributed by atoms with Crippen molar-refractivity contribution in [2.75, 3.05) is 38.5 Å². The zero-order chi connectivity index (χ0) is 22.6. The maximum Gasteiger partial charge on any atom is 0.230 e. The molecule has 1 fully saturated rings. The molecule has 1 amide bonds. The van der Waals surface area contributed by atoms with E-state index in [4.69, 9.17) is 4.98 Å². The van der Waals surface area contributed by atoms with Gasteiger partial charge in [0.1, 0.15) is 5.01 Å². The van der Waals surface area contributed by atoms with Crippen LogP contribution in [0.4, 0.5) is 5.69 Å². The molecule has 0 radical (unpaired) electrons. The average Bonchev–Trinajstić information content (AvgIpc) is 3.29. The highest BCUT2D eigenvalue weighted by Crippen LogP contribution is 2.26. The van der Waals surface area contributed by atoms with E-state index < -0.39 is 0 Å². The number of fused-ring (bicyclic) bond motifs is 1. The monoisotopic (exact) mass is 457 g/mol. The normalized spacial score (nSPS) is 15.1. The summed E-state index contributed by atoms with van der Waals surface area (Å²) in [6.45, 7) is 5.40. The Kier molecular flexibility index (Phi) is 6.44. The van der Waals surface area contributed by atoms with Gasteiger partial charge in [-0.2, -0.15) is 0 Å². The van der Waals surface area contributed by atoms with Crippen LogP contribution in [-0.2, 0) is 17.8 Å². The lowest BCUT2D eigenvalue weighted by molar-refractivity contribution is -0.115. The number of rotatable bonds is 6. The van der Waals surface area contributed by atoms with Crippen LogP contribution in [0.1, 0.15) is 11.3 Å². The third-order valence-electron chi connectivity index (χ3n) is 5.98. The lowest BCUT2D eigenvalue weighted by atomic mass is 10.1. The Morgan fingerprint density at radius 2 is 1.88 bits per heavy atom. The predicted molar refractivity (Wildman–Crippen MR) is 134 cm³/mol. The summed E-state index contributed by atoms with van der Waals surface area (Å²) < 4.78 is 0. The number of para-hydroxylation sites is 1. The quantitative estimate of drug-likeness (QED) is 0.468. The molecule has 168 valence electrons. The van der Waals surface area contributed by atoms with Gasteiger partial charge >= 0.3 is 0 Å². The Bertz CT molecular complexity index is 1260. The lowest BCUT2D eigenvalue weighted by Gasteiger charge is -2.32. The number of aromatic nitrogens is 2. The third kappa shape index (κ3) is 5.27. The number of thiazole rings is 1. The second-order valence-corrected chi connectivity index (χ2v) is 9.39. The summed E-state index contributed by atoms with van der Waals surface area (Å²) >= 11 is 1.58. The van der Waals surface area contributed by atoms with Gasteiger partial charge in [0.05, 0.1) is 23.3 Å². The third-order valence-corrected chi connectivity index (χ3v) is 6.92. The zero-order valence-corrected chi connectivity index (χ0v) is 19.5. The largest absolute Gasteiger partial charge is 0.324 e. The Morgan fingerprint density at radius 3 is 2.76 bits per heavy atom. The topological polar surface area (TPSA) is 61.4 Å². The first-order valence-electron chi connectivity index (χ1n) is 11.2. The molecule has 1 N–H and O–H groups in total. The fourth-order valence-electron chi connectivity index (χ4n) is 4.15. The molecular formula is C26H27N5OS. The first-order chi connectivity index (χ1) is 16.1. The number of nitrogens with zero attached hydrogens (tertiary/aromatic N) is 4. The van der Waals surface area contributed by atoms with E-state index in [1.165, 1.54) is 5.56 Å². The molecule has 7 heteroatoms. The molecule has 0 unspecified atom stereocenters. The molecule has 2 aromatic heterocycles. The highest BCUT2D eigenvalue weighted by molar-refractivity contribution is 7.13. The number of likely N-dealkylation sites (N-methyl/N-ethyl adjacent to an activating group) is 1. The molecular weight excluding hydrogens is 430 g/mol. The van der Waals surface area contributed by atoms with Gasteiger partial charge in [0.2, 0.25) is 5.91 Å². The van der Waals surface area contributed by atoms with Crippen molar-refractivity contribution < 1.29 is 4.79 Å². The van der Waals surface area contributed by atoms with Crippen molar-refractivity contribution in [3.63, 3.8) is 0 Å². The molecule has 1 aliphatic heterocycles. The van der Waals surface area contributed by atoms with Crippen molar-refractivity contribution in [3.05, 3.63) is 77.4 Å². The minimum absolute atomic E-state index is 0.0891. The SMILES string of the molecule is CN1CCN(Cc2cccc(-c3nc(CC(=O)Nc4cccc5cccnc45)cs3)c2)CC1. The minimum atomic E-state index is -0.0891. The van der Waals surface area contributed by atoms with Crippen molar-refractivity contribution in [1.29, 1.82) is 0 Å². The standard InChI is InChI=1S/C26H27N5OS/c1-30-11-13-31(14-12-30)17-19-5-2-7-21(15-19)26-28-22(18-33-26)16-24(32)29-23-9-3-6-20-8-4-10-27-25(20)23/h2-10,15,18H,11-14,16-17H2,1H3,(H,29,32). The van der Waals surface area contributed by atoms with Crippen LogP contribution >= 0.6 is 11.3 Å². The van der Waals surface area contributed by atoms with E-state index in [1.54, 1.807) is 17.5 Å². The fourth-order valence-corrected chi connectivity index (χ4v) is 4.97. The Balaban J connectivity index is 1.24. The number of hydrogen-bond donors (Lipinski definition) is 1. The number of anilines is 1. The minimum Gasteiger partial charge on any atom is -0.324 e. The summed E-state index contributed by atoms with van der Waals surface area (Å²) in [7, 11) is 2.18. The van der Waals surface area contributed by atoms with Gasteiger partial charge in [0, 0.05) is 55.3 Å². The zero-order valence-electron chi connectivity index (χ0n) is 18.7. The smallest absolute Gasteiger partial charge is 0.230 e. The first kappa shape index (κ1) is 21.7. The average molecular weight is 458 g/mol.